The summed E-state index contributed by atoms with van der Waals surface area (Å²) in [6.07, 6.45) is 5.68. The topological polar surface area (TPSA) is 70.4 Å². The van der Waals surface area contributed by atoms with Gasteiger partial charge >= 0.3 is 6.03 Å². The average molecular weight is 314 g/mol. The van der Waals surface area contributed by atoms with Crippen LogP contribution in [0.3, 0.4) is 0 Å². The number of urea groups is 1. The Morgan fingerprint density at radius 2 is 2.00 bits per heavy atom. The number of furan rings is 1. The lowest BCUT2D eigenvalue weighted by molar-refractivity contribution is 0.205. The molecule has 1 atom stereocenters. The zero-order valence-corrected chi connectivity index (χ0v) is 13.3. The Labute approximate surface area is 135 Å². The predicted molar refractivity (Wildman–Crippen MR) is 88.3 cm³/mol. The van der Waals surface area contributed by atoms with E-state index in [9.17, 15) is 4.79 Å². The van der Waals surface area contributed by atoms with E-state index in [1.165, 1.54) is 12.8 Å². The summed E-state index contributed by atoms with van der Waals surface area (Å²) in [7, 11) is 0. The molecule has 2 aromatic rings. The Kier molecular flexibility index (Phi) is 4.92. The molecule has 0 saturated carbocycles. The first kappa shape index (κ1) is 15.6. The van der Waals surface area contributed by atoms with Crippen LogP contribution in [0.5, 0.6) is 0 Å². The molecule has 1 aliphatic rings. The van der Waals surface area contributed by atoms with Crippen molar-refractivity contribution >= 4 is 11.7 Å². The molecule has 0 spiro atoms. The van der Waals surface area contributed by atoms with Gasteiger partial charge < -0.3 is 15.1 Å². The molecule has 1 saturated heterocycles. The van der Waals surface area contributed by atoms with Crippen LogP contribution in [0.15, 0.2) is 41.1 Å². The van der Waals surface area contributed by atoms with Crippen LogP contribution in [0.1, 0.15) is 30.4 Å². The van der Waals surface area contributed by atoms with E-state index in [-0.39, 0.29) is 12.1 Å². The van der Waals surface area contributed by atoms with Gasteiger partial charge in [0.1, 0.15) is 11.5 Å². The maximum absolute atomic E-state index is 12.1. The lowest BCUT2D eigenvalue weighted by Crippen LogP contribution is -2.38. The van der Waals surface area contributed by atoms with E-state index >= 15 is 0 Å². The largest absolute Gasteiger partial charge is 0.465 e. The van der Waals surface area contributed by atoms with Gasteiger partial charge in [-0.05, 0) is 57.1 Å². The second-order valence-electron chi connectivity index (χ2n) is 5.78. The molecule has 1 unspecified atom stereocenters. The number of hydrogen-bond acceptors (Lipinski definition) is 4. The third-order valence-electron chi connectivity index (χ3n) is 4.07. The maximum atomic E-state index is 12.1. The standard InChI is InChI=1S/C17H22N4O2/c1-13-4-5-16(23-13)15(21-10-2-3-11-21)12-19-17(22)20-14-6-8-18-9-7-14/h4-9,15H,2-3,10-12H2,1H3,(H2,18,19,20,22). The number of hydrogen-bond donors (Lipinski definition) is 2. The van der Waals surface area contributed by atoms with Gasteiger partial charge in [0.05, 0.1) is 6.04 Å². The van der Waals surface area contributed by atoms with Gasteiger partial charge in [0, 0.05) is 24.6 Å². The number of carbonyl (C=O) groups excluding carboxylic acids is 1. The smallest absolute Gasteiger partial charge is 0.319 e. The number of aryl methyl sites for hydroxylation is 1. The molecular weight excluding hydrogens is 292 g/mol. The monoisotopic (exact) mass is 314 g/mol. The number of nitrogens with one attached hydrogen (secondary N) is 2. The van der Waals surface area contributed by atoms with Crippen LogP contribution in [-0.4, -0.2) is 35.5 Å². The third-order valence-corrected chi connectivity index (χ3v) is 4.07. The first-order chi connectivity index (χ1) is 11.2. The number of amides is 2. The maximum Gasteiger partial charge on any atom is 0.319 e. The van der Waals surface area contributed by atoms with Crippen molar-refractivity contribution < 1.29 is 9.21 Å². The zero-order chi connectivity index (χ0) is 16.1. The van der Waals surface area contributed by atoms with Crippen molar-refractivity contribution in [3.63, 3.8) is 0 Å². The highest BCUT2D eigenvalue weighted by Crippen LogP contribution is 2.26. The second kappa shape index (κ2) is 7.28. The fourth-order valence-corrected chi connectivity index (χ4v) is 2.90. The molecule has 3 rings (SSSR count). The quantitative estimate of drug-likeness (QED) is 0.890. The molecule has 2 amide bonds. The highest BCUT2D eigenvalue weighted by Gasteiger charge is 2.26. The minimum atomic E-state index is -0.219. The molecule has 0 aliphatic carbocycles. The molecule has 0 bridgehead atoms. The van der Waals surface area contributed by atoms with Gasteiger partial charge in [0.25, 0.3) is 0 Å². The number of pyridine rings is 1. The van der Waals surface area contributed by atoms with Crippen molar-refractivity contribution in [3.8, 4) is 0 Å². The van der Waals surface area contributed by atoms with Crippen molar-refractivity contribution in [2.24, 2.45) is 0 Å². The molecule has 0 radical (unpaired) electrons. The average Bonchev–Trinajstić information content (AvgIpc) is 3.21. The second-order valence-corrected chi connectivity index (χ2v) is 5.78. The number of anilines is 1. The molecule has 6 heteroatoms. The van der Waals surface area contributed by atoms with Crippen molar-refractivity contribution in [3.05, 3.63) is 48.2 Å². The van der Waals surface area contributed by atoms with Gasteiger partial charge in [-0.3, -0.25) is 9.88 Å². The van der Waals surface area contributed by atoms with Crippen LogP contribution in [0, 0.1) is 6.92 Å². The van der Waals surface area contributed by atoms with Gasteiger partial charge in [-0.2, -0.15) is 0 Å². The molecule has 23 heavy (non-hydrogen) atoms. The van der Waals surface area contributed by atoms with Crippen LogP contribution in [0.2, 0.25) is 0 Å². The highest BCUT2D eigenvalue weighted by molar-refractivity contribution is 5.89. The molecular formula is C17H22N4O2. The molecule has 0 aromatic carbocycles. The Balaban J connectivity index is 1.61. The first-order valence-electron chi connectivity index (χ1n) is 7.97. The van der Waals surface area contributed by atoms with Gasteiger partial charge in [0.2, 0.25) is 0 Å². The van der Waals surface area contributed by atoms with Crippen molar-refractivity contribution in [2.45, 2.75) is 25.8 Å². The van der Waals surface area contributed by atoms with Crippen LogP contribution < -0.4 is 10.6 Å². The van der Waals surface area contributed by atoms with Crippen molar-refractivity contribution in [2.75, 3.05) is 25.0 Å². The van der Waals surface area contributed by atoms with E-state index in [1.807, 2.05) is 19.1 Å². The lowest BCUT2D eigenvalue weighted by Gasteiger charge is -2.26. The molecule has 2 N–H and O–H groups in total. The van der Waals surface area contributed by atoms with Crippen molar-refractivity contribution in [1.82, 2.24) is 15.2 Å². The number of nitrogens with zero attached hydrogens (tertiary/aromatic N) is 2. The van der Waals surface area contributed by atoms with E-state index in [0.717, 1.165) is 30.3 Å². The van der Waals surface area contributed by atoms with E-state index in [4.69, 9.17) is 4.42 Å². The summed E-state index contributed by atoms with van der Waals surface area (Å²) in [6.45, 7) is 4.54. The lowest BCUT2D eigenvalue weighted by atomic mass is 10.2. The van der Waals surface area contributed by atoms with Crippen LogP contribution in [0.25, 0.3) is 0 Å². The number of likely N-dealkylation sites (tertiary alicyclic amines) is 1. The molecule has 122 valence electrons. The molecule has 1 aliphatic heterocycles. The highest BCUT2D eigenvalue weighted by atomic mass is 16.3. The zero-order valence-electron chi connectivity index (χ0n) is 13.3. The van der Waals surface area contributed by atoms with Gasteiger partial charge in [-0.25, -0.2) is 4.79 Å². The minimum Gasteiger partial charge on any atom is -0.465 e. The van der Waals surface area contributed by atoms with E-state index in [2.05, 4.69) is 20.5 Å². The van der Waals surface area contributed by atoms with Crippen LogP contribution in [0.4, 0.5) is 10.5 Å². The summed E-state index contributed by atoms with van der Waals surface area (Å²) in [5.74, 6) is 1.80. The summed E-state index contributed by atoms with van der Waals surface area (Å²) in [6, 6.07) is 7.34. The number of carbonyl (C=O) groups is 1. The predicted octanol–water partition coefficient (Wildman–Crippen LogP) is 2.94. The Morgan fingerprint density at radius 1 is 1.26 bits per heavy atom. The summed E-state index contributed by atoms with van der Waals surface area (Å²) in [4.78, 5) is 18.4. The van der Waals surface area contributed by atoms with Crippen molar-refractivity contribution in [1.29, 1.82) is 0 Å². The van der Waals surface area contributed by atoms with E-state index in [1.54, 1.807) is 24.5 Å². The SMILES string of the molecule is Cc1ccc(C(CNC(=O)Nc2ccncc2)N2CCCC2)o1. The van der Waals surface area contributed by atoms with Gasteiger partial charge in [-0.15, -0.1) is 0 Å². The van der Waals surface area contributed by atoms with E-state index in [0.29, 0.717) is 6.54 Å². The number of aromatic nitrogens is 1. The molecule has 2 aromatic heterocycles. The van der Waals surface area contributed by atoms with E-state index < -0.39 is 0 Å². The summed E-state index contributed by atoms with van der Waals surface area (Å²) < 4.78 is 5.79. The minimum absolute atomic E-state index is 0.0781. The normalized spacial score (nSPS) is 16.2. The van der Waals surface area contributed by atoms with Crippen LogP contribution >= 0.6 is 0 Å². The summed E-state index contributed by atoms with van der Waals surface area (Å²) >= 11 is 0. The fraction of sp³-hybridized carbons (Fsp3) is 0.412. The van der Waals surface area contributed by atoms with Gasteiger partial charge in [0.15, 0.2) is 0 Å². The molecule has 1 fully saturated rings. The summed E-state index contributed by atoms with van der Waals surface area (Å²) in [5, 5.41) is 5.75. The number of rotatable bonds is 5. The first-order valence-corrected chi connectivity index (χ1v) is 7.97. The van der Waals surface area contributed by atoms with Crippen LogP contribution in [-0.2, 0) is 0 Å². The fourth-order valence-electron chi connectivity index (χ4n) is 2.90. The molecule has 3 heterocycles. The Morgan fingerprint density at radius 3 is 2.65 bits per heavy atom. The van der Waals surface area contributed by atoms with Gasteiger partial charge in [-0.1, -0.05) is 0 Å². The third kappa shape index (κ3) is 4.10. The Bertz CT molecular complexity index is 635. The molecule has 6 nitrogen and oxygen atoms in total. The summed E-state index contributed by atoms with van der Waals surface area (Å²) in [5.41, 5.74) is 0.726. The Hall–Kier alpha value is -2.34.